The van der Waals surface area contributed by atoms with Crippen LogP contribution in [0.15, 0.2) is 84.4 Å². The summed E-state index contributed by atoms with van der Waals surface area (Å²) < 4.78 is 12.5. The molecule has 1 aliphatic carbocycles. The molecular formula is C27H25N5O6. The number of allylic oxidation sites excluding steroid dienone is 2. The maximum atomic E-state index is 12.7. The van der Waals surface area contributed by atoms with Crippen LogP contribution in [0.4, 0.5) is 0 Å². The molecule has 38 heavy (non-hydrogen) atoms. The quantitative estimate of drug-likeness (QED) is 0.179. The average Bonchev–Trinajstić information content (AvgIpc) is 3.40. The molecule has 0 N–H and O–H groups in total. The van der Waals surface area contributed by atoms with Crippen molar-refractivity contribution < 1.29 is 24.0 Å². The van der Waals surface area contributed by atoms with E-state index in [2.05, 4.69) is 15.2 Å². The van der Waals surface area contributed by atoms with E-state index in [4.69, 9.17) is 9.47 Å². The number of carbonyl (C=O) groups excluding carboxylic acids is 2. The lowest BCUT2D eigenvalue weighted by atomic mass is 9.96. The minimum atomic E-state index is -1.12. The minimum absolute atomic E-state index is 0.0123. The lowest BCUT2D eigenvalue weighted by Gasteiger charge is -2.19. The number of nitro groups is 1. The first-order valence-electron chi connectivity index (χ1n) is 11.7. The molecule has 11 nitrogen and oxygen atoms in total. The Kier molecular flexibility index (Phi) is 8.17. The zero-order valence-electron chi connectivity index (χ0n) is 20.8. The van der Waals surface area contributed by atoms with Crippen LogP contribution in [0, 0.1) is 10.1 Å². The minimum Gasteiger partial charge on any atom is -0.458 e. The van der Waals surface area contributed by atoms with Crippen molar-refractivity contribution in [2.24, 2.45) is 0 Å². The molecule has 1 unspecified atom stereocenters. The summed E-state index contributed by atoms with van der Waals surface area (Å²) in [4.78, 5) is 40.0. The Labute approximate surface area is 218 Å². The Hall–Kier alpha value is -4.93. The van der Waals surface area contributed by atoms with E-state index in [1.165, 1.54) is 18.5 Å². The van der Waals surface area contributed by atoms with Crippen LogP contribution in [0.5, 0.6) is 0 Å². The second kappa shape index (κ2) is 11.9. The maximum absolute atomic E-state index is 12.7. The normalized spacial score (nSPS) is 15.3. The van der Waals surface area contributed by atoms with Crippen molar-refractivity contribution >= 4 is 18.0 Å². The van der Waals surface area contributed by atoms with E-state index in [-0.39, 0.29) is 23.4 Å². The summed E-state index contributed by atoms with van der Waals surface area (Å²) in [5, 5.41) is 19.0. The molecule has 0 radical (unpaired) electrons. The van der Waals surface area contributed by atoms with Crippen molar-refractivity contribution in [2.75, 3.05) is 6.61 Å². The highest BCUT2D eigenvalue weighted by Gasteiger charge is 2.33. The molecule has 3 aromatic rings. The molecule has 2 aromatic heterocycles. The standard InChI is InChI=1S/C27H25N5O6/c1-18-10-19(2)25(32(35)36)24(11-18)38-27(34)23-12-22(13-28-14-23)26(33)37-9-3-4-20-5-7-21(8-6-20)15-31-16-29-30-17-31/h3-8,11-14,16-17,24H,9-10,15H2,1-2H3/b4-3+. The number of hydrogen-bond acceptors (Lipinski definition) is 9. The van der Waals surface area contributed by atoms with E-state index in [0.29, 0.717) is 18.5 Å². The Morgan fingerprint density at radius 1 is 1.11 bits per heavy atom. The molecular weight excluding hydrogens is 490 g/mol. The zero-order valence-corrected chi connectivity index (χ0v) is 20.8. The van der Waals surface area contributed by atoms with Crippen molar-refractivity contribution in [3.63, 3.8) is 0 Å². The molecule has 0 saturated carbocycles. The highest BCUT2D eigenvalue weighted by Crippen LogP contribution is 2.27. The van der Waals surface area contributed by atoms with Gasteiger partial charge in [-0.3, -0.25) is 15.1 Å². The van der Waals surface area contributed by atoms with Gasteiger partial charge in [-0.05, 0) is 49.6 Å². The Balaban J connectivity index is 1.32. The molecule has 11 heteroatoms. The van der Waals surface area contributed by atoms with Crippen LogP contribution in [0.2, 0.25) is 0 Å². The average molecular weight is 516 g/mol. The Morgan fingerprint density at radius 2 is 1.79 bits per heavy atom. The number of rotatable bonds is 9. The molecule has 0 aliphatic heterocycles. The number of aromatic nitrogens is 4. The monoisotopic (exact) mass is 515 g/mol. The van der Waals surface area contributed by atoms with Gasteiger partial charge in [-0.1, -0.05) is 35.9 Å². The number of ether oxygens (including phenoxy) is 2. The van der Waals surface area contributed by atoms with Gasteiger partial charge in [0.25, 0.3) is 5.70 Å². The van der Waals surface area contributed by atoms with Crippen LogP contribution in [0.3, 0.4) is 0 Å². The first-order valence-corrected chi connectivity index (χ1v) is 11.7. The van der Waals surface area contributed by atoms with Crippen LogP contribution in [0.25, 0.3) is 6.08 Å². The van der Waals surface area contributed by atoms with Crippen molar-refractivity contribution in [1.29, 1.82) is 0 Å². The largest absolute Gasteiger partial charge is 0.458 e. The molecule has 194 valence electrons. The van der Waals surface area contributed by atoms with Crippen LogP contribution < -0.4 is 0 Å². The van der Waals surface area contributed by atoms with Crippen LogP contribution in [-0.2, 0) is 16.0 Å². The first kappa shape index (κ1) is 26.1. The lowest BCUT2D eigenvalue weighted by Crippen LogP contribution is -2.26. The number of esters is 2. The van der Waals surface area contributed by atoms with Crippen molar-refractivity contribution in [3.05, 3.63) is 117 Å². The summed E-state index contributed by atoms with van der Waals surface area (Å²) >= 11 is 0. The molecule has 1 aromatic carbocycles. The molecule has 2 heterocycles. The third-order valence-electron chi connectivity index (χ3n) is 5.76. The highest BCUT2D eigenvalue weighted by atomic mass is 16.6. The van der Waals surface area contributed by atoms with E-state index >= 15 is 0 Å². The van der Waals surface area contributed by atoms with Crippen LogP contribution in [-0.4, -0.2) is 49.3 Å². The predicted molar refractivity (Wildman–Crippen MR) is 136 cm³/mol. The van der Waals surface area contributed by atoms with E-state index in [9.17, 15) is 19.7 Å². The summed E-state index contributed by atoms with van der Waals surface area (Å²) in [5.74, 6) is -1.50. The summed E-state index contributed by atoms with van der Waals surface area (Å²) in [6, 6.07) is 9.15. The summed E-state index contributed by atoms with van der Waals surface area (Å²) in [5.41, 5.74) is 3.29. The van der Waals surface area contributed by atoms with Crippen LogP contribution >= 0.6 is 0 Å². The zero-order chi connectivity index (χ0) is 27.1. The van der Waals surface area contributed by atoms with Gasteiger partial charge in [0.2, 0.25) is 6.10 Å². The fraction of sp³-hybridized carbons (Fsp3) is 0.222. The molecule has 4 rings (SSSR count). The summed E-state index contributed by atoms with van der Waals surface area (Å²) in [6.45, 7) is 4.12. The van der Waals surface area contributed by atoms with E-state index in [0.717, 1.165) is 16.7 Å². The Bertz CT molecular complexity index is 1420. The van der Waals surface area contributed by atoms with Crippen LogP contribution in [0.1, 0.15) is 52.1 Å². The van der Waals surface area contributed by atoms with Gasteiger partial charge in [0.15, 0.2) is 0 Å². The van der Waals surface area contributed by atoms with E-state index in [1.807, 2.05) is 41.8 Å². The SMILES string of the molecule is CC1=CC(OC(=O)c2cncc(C(=O)OC/C=C/c3ccc(Cn4cnnc4)cc3)c2)C([N+](=O)[O-])=C(C)C1. The fourth-order valence-electron chi connectivity index (χ4n) is 3.98. The molecule has 0 saturated heterocycles. The molecule has 0 bridgehead atoms. The molecule has 1 aliphatic rings. The predicted octanol–water partition coefficient (Wildman–Crippen LogP) is 4.02. The first-order chi connectivity index (χ1) is 18.3. The van der Waals surface area contributed by atoms with Gasteiger partial charge in [-0.2, -0.15) is 0 Å². The molecule has 1 atom stereocenters. The third-order valence-corrected chi connectivity index (χ3v) is 5.76. The number of nitrogens with zero attached hydrogens (tertiary/aromatic N) is 5. The van der Waals surface area contributed by atoms with Crippen molar-refractivity contribution in [3.8, 4) is 0 Å². The lowest BCUT2D eigenvalue weighted by molar-refractivity contribution is -0.435. The van der Waals surface area contributed by atoms with Gasteiger partial charge < -0.3 is 14.0 Å². The molecule has 0 spiro atoms. The fourth-order valence-corrected chi connectivity index (χ4v) is 3.98. The number of pyridine rings is 1. The van der Waals surface area contributed by atoms with Gasteiger partial charge in [0.05, 0.1) is 16.1 Å². The molecule has 0 fully saturated rings. The summed E-state index contributed by atoms with van der Waals surface area (Å²) in [7, 11) is 0. The van der Waals surface area contributed by atoms with E-state index in [1.54, 1.807) is 31.7 Å². The maximum Gasteiger partial charge on any atom is 0.340 e. The Morgan fingerprint density at radius 3 is 2.47 bits per heavy atom. The number of hydrogen-bond donors (Lipinski definition) is 0. The third kappa shape index (κ3) is 6.64. The second-order valence-corrected chi connectivity index (χ2v) is 8.78. The molecule has 0 amide bonds. The van der Waals surface area contributed by atoms with Gasteiger partial charge in [0, 0.05) is 24.5 Å². The summed E-state index contributed by atoms with van der Waals surface area (Å²) in [6.07, 6.45) is 10.2. The number of carbonyl (C=O) groups is 2. The van der Waals surface area contributed by atoms with Gasteiger partial charge in [-0.15, -0.1) is 10.2 Å². The van der Waals surface area contributed by atoms with Crippen molar-refractivity contribution in [1.82, 2.24) is 19.7 Å². The van der Waals surface area contributed by atoms with Gasteiger partial charge >= 0.3 is 11.9 Å². The topological polar surface area (TPSA) is 139 Å². The van der Waals surface area contributed by atoms with E-state index < -0.39 is 23.0 Å². The second-order valence-electron chi connectivity index (χ2n) is 8.78. The van der Waals surface area contributed by atoms with Gasteiger partial charge in [-0.25, -0.2) is 9.59 Å². The smallest absolute Gasteiger partial charge is 0.340 e. The van der Waals surface area contributed by atoms with Crippen molar-refractivity contribution in [2.45, 2.75) is 32.9 Å². The highest BCUT2D eigenvalue weighted by molar-refractivity contribution is 5.95. The van der Waals surface area contributed by atoms with Gasteiger partial charge in [0.1, 0.15) is 19.3 Å². The number of benzene rings is 1.